The molecule has 4 aromatic rings. The molecule has 2 amide bonds. The first kappa shape index (κ1) is 27.9. The minimum atomic E-state index is -0.575. The van der Waals surface area contributed by atoms with E-state index in [-0.39, 0.29) is 23.6 Å². The molecule has 2 aromatic carbocycles. The Balaban J connectivity index is 1.22. The first-order chi connectivity index (χ1) is 20.4. The molecule has 9 heteroatoms. The largest absolute Gasteiger partial charge is 0.334 e. The lowest BCUT2D eigenvalue weighted by molar-refractivity contribution is 0.180. The number of amides is 2. The Morgan fingerprint density at radius 2 is 1.83 bits per heavy atom. The topological polar surface area (TPSA) is 81.3 Å². The number of hydrogen-bond acceptors (Lipinski definition) is 4. The van der Waals surface area contributed by atoms with E-state index in [0.717, 1.165) is 65.4 Å². The molecule has 6 rings (SSSR count). The van der Waals surface area contributed by atoms with Crippen LogP contribution in [0.2, 0.25) is 5.02 Å². The first-order valence-corrected chi connectivity index (χ1v) is 14.4. The minimum Gasteiger partial charge on any atom is -0.334 e. The number of rotatable bonds is 6. The van der Waals surface area contributed by atoms with Crippen molar-refractivity contribution in [3.05, 3.63) is 123 Å². The lowest BCUT2D eigenvalue weighted by Gasteiger charge is -2.39. The number of likely N-dealkylation sites (tertiary alicyclic amines) is 1. The number of piperidine rings is 1. The van der Waals surface area contributed by atoms with Crippen molar-refractivity contribution >= 4 is 29.4 Å². The summed E-state index contributed by atoms with van der Waals surface area (Å²) in [5.41, 5.74) is 5.18. The van der Waals surface area contributed by atoms with Gasteiger partial charge in [0.15, 0.2) is 0 Å². The molecule has 42 heavy (non-hydrogen) atoms. The summed E-state index contributed by atoms with van der Waals surface area (Å²) in [7, 11) is 0. The predicted octanol–water partition coefficient (Wildman–Crippen LogP) is 6.01. The van der Waals surface area contributed by atoms with Crippen LogP contribution in [0.5, 0.6) is 0 Å². The van der Waals surface area contributed by atoms with Gasteiger partial charge in [0.25, 0.3) is 0 Å². The number of fused-ring (bicyclic) bond motifs is 2. The molecule has 0 bridgehead atoms. The third-order valence-electron chi connectivity index (χ3n) is 8.26. The van der Waals surface area contributed by atoms with Crippen LogP contribution in [0.1, 0.15) is 29.5 Å². The number of halogens is 2. The zero-order chi connectivity index (χ0) is 29.1. The number of nitrogens with zero attached hydrogens (tertiary/aromatic N) is 3. The fourth-order valence-corrected chi connectivity index (χ4v) is 6.11. The molecule has 1 saturated heterocycles. The van der Waals surface area contributed by atoms with E-state index >= 15 is 0 Å². The van der Waals surface area contributed by atoms with Crippen molar-refractivity contribution in [2.75, 3.05) is 31.1 Å². The van der Waals surface area contributed by atoms with Crippen LogP contribution in [-0.2, 0) is 12.0 Å². The molecule has 0 unspecified atom stereocenters. The third kappa shape index (κ3) is 6.00. The highest BCUT2D eigenvalue weighted by Crippen LogP contribution is 2.48. The van der Waals surface area contributed by atoms with Crippen LogP contribution in [0.3, 0.4) is 0 Å². The zero-order valence-corrected chi connectivity index (χ0v) is 23.8. The number of carbonyl (C=O) groups excluding carboxylic acids is 1. The van der Waals surface area contributed by atoms with Gasteiger partial charge < -0.3 is 10.3 Å². The average Bonchev–Trinajstić information content (AvgIpc) is 3.31. The van der Waals surface area contributed by atoms with Gasteiger partial charge in [-0.3, -0.25) is 14.6 Å². The highest BCUT2D eigenvalue weighted by atomic mass is 35.5. The second kappa shape index (κ2) is 11.9. The standard InChI is InChI=1S/C33H31ClFN5O2/c34-27-6-3-23(4-7-27)2-1-15-39-16-11-33(12-17-39)22-40(32(42)38-21-24-9-13-36-30(35)18-24)29-8-5-25(19-28(29)33)26-10-14-37-31(41)20-26/h1-10,13-14,18-20H,11-12,15-17,21-22H2,(H,37,41)(H,38,42)/b2-1+. The van der Waals surface area contributed by atoms with Gasteiger partial charge in [-0.1, -0.05) is 42.0 Å². The fourth-order valence-electron chi connectivity index (χ4n) is 5.98. The second-order valence-electron chi connectivity index (χ2n) is 10.9. The Labute approximate surface area is 248 Å². The third-order valence-corrected chi connectivity index (χ3v) is 8.52. The smallest absolute Gasteiger partial charge is 0.322 e. The van der Waals surface area contributed by atoms with Crippen LogP contribution in [0.15, 0.2) is 90.0 Å². The van der Waals surface area contributed by atoms with Gasteiger partial charge in [-0.25, -0.2) is 9.78 Å². The summed E-state index contributed by atoms with van der Waals surface area (Å²) < 4.78 is 13.6. The lowest BCUT2D eigenvalue weighted by atomic mass is 9.73. The number of anilines is 1. The van der Waals surface area contributed by atoms with Crippen molar-refractivity contribution in [2.24, 2.45) is 0 Å². The lowest BCUT2D eigenvalue weighted by Crippen LogP contribution is -2.47. The molecule has 0 atom stereocenters. The van der Waals surface area contributed by atoms with Gasteiger partial charge in [0.05, 0.1) is 0 Å². The molecular formula is C33H31ClFN5O2. The number of benzene rings is 2. The van der Waals surface area contributed by atoms with Crippen molar-refractivity contribution in [1.82, 2.24) is 20.2 Å². The van der Waals surface area contributed by atoms with Crippen LogP contribution in [-0.4, -0.2) is 47.1 Å². The molecular weight excluding hydrogens is 553 g/mol. The van der Waals surface area contributed by atoms with Gasteiger partial charge in [-0.15, -0.1) is 0 Å². The number of aromatic amines is 1. The number of carbonyl (C=O) groups is 1. The predicted molar refractivity (Wildman–Crippen MR) is 164 cm³/mol. The molecule has 2 N–H and O–H groups in total. The van der Waals surface area contributed by atoms with Gasteiger partial charge in [-0.2, -0.15) is 4.39 Å². The highest BCUT2D eigenvalue weighted by Gasteiger charge is 2.46. The fraction of sp³-hybridized carbons (Fsp3) is 0.242. The van der Waals surface area contributed by atoms with Crippen molar-refractivity contribution in [3.8, 4) is 11.1 Å². The van der Waals surface area contributed by atoms with Crippen molar-refractivity contribution in [1.29, 1.82) is 0 Å². The number of aromatic nitrogens is 2. The maximum atomic E-state index is 13.6. The molecule has 4 heterocycles. The van der Waals surface area contributed by atoms with Crippen molar-refractivity contribution in [3.63, 3.8) is 0 Å². The van der Waals surface area contributed by atoms with Gasteiger partial charge in [0, 0.05) is 54.2 Å². The SMILES string of the molecule is O=C(NCc1ccnc(F)c1)N1CC2(CCN(C/C=C/c3ccc(Cl)cc3)CC2)c2cc(-c3cc[nH]c(=O)c3)ccc21. The van der Waals surface area contributed by atoms with Crippen molar-refractivity contribution < 1.29 is 9.18 Å². The average molecular weight is 584 g/mol. The van der Waals surface area contributed by atoms with E-state index in [0.29, 0.717) is 12.1 Å². The summed E-state index contributed by atoms with van der Waals surface area (Å²) in [5.74, 6) is -0.575. The Bertz CT molecular complexity index is 1680. The molecule has 2 aliphatic heterocycles. The molecule has 1 fully saturated rings. The minimum absolute atomic E-state index is 0.156. The first-order valence-electron chi connectivity index (χ1n) is 14.0. The van der Waals surface area contributed by atoms with E-state index in [4.69, 9.17) is 11.6 Å². The monoisotopic (exact) mass is 583 g/mol. The number of H-pyrrole nitrogens is 1. The summed E-state index contributed by atoms with van der Waals surface area (Å²) in [6, 6.07) is 20.1. The second-order valence-corrected chi connectivity index (χ2v) is 11.4. The van der Waals surface area contributed by atoms with E-state index in [1.165, 1.54) is 12.3 Å². The molecule has 1 spiro atoms. The van der Waals surface area contributed by atoms with Crippen molar-refractivity contribution in [2.45, 2.75) is 24.8 Å². The van der Waals surface area contributed by atoms with Gasteiger partial charge in [0.2, 0.25) is 11.5 Å². The quantitative estimate of drug-likeness (QED) is 0.273. The van der Waals surface area contributed by atoms with Crippen LogP contribution in [0, 0.1) is 5.95 Å². The molecule has 0 radical (unpaired) electrons. The highest BCUT2D eigenvalue weighted by molar-refractivity contribution is 6.30. The maximum Gasteiger partial charge on any atom is 0.322 e. The Hall–Kier alpha value is -4.27. The Morgan fingerprint density at radius 1 is 1.05 bits per heavy atom. The van der Waals surface area contributed by atoms with E-state index in [9.17, 15) is 14.0 Å². The van der Waals surface area contributed by atoms with Gasteiger partial charge in [-0.05, 0) is 96.2 Å². The van der Waals surface area contributed by atoms with Crippen LogP contribution < -0.4 is 15.8 Å². The summed E-state index contributed by atoms with van der Waals surface area (Å²) in [4.78, 5) is 36.0. The van der Waals surface area contributed by atoms with E-state index in [1.54, 1.807) is 18.3 Å². The van der Waals surface area contributed by atoms with Crippen LogP contribution in [0.25, 0.3) is 17.2 Å². The maximum absolute atomic E-state index is 13.6. The molecule has 7 nitrogen and oxygen atoms in total. The summed E-state index contributed by atoms with van der Waals surface area (Å²) in [5, 5.41) is 3.68. The van der Waals surface area contributed by atoms with E-state index in [1.807, 2.05) is 47.4 Å². The Kier molecular flexibility index (Phi) is 7.91. The van der Waals surface area contributed by atoms with Gasteiger partial charge in [0.1, 0.15) is 0 Å². The zero-order valence-electron chi connectivity index (χ0n) is 23.0. The number of hydrogen-bond donors (Lipinski definition) is 2. The van der Waals surface area contributed by atoms with E-state index in [2.05, 4.69) is 38.4 Å². The summed E-state index contributed by atoms with van der Waals surface area (Å²) >= 11 is 6.00. The summed E-state index contributed by atoms with van der Waals surface area (Å²) in [6.07, 6.45) is 9.13. The number of pyridine rings is 2. The molecule has 2 aliphatic rings. The van der Waals surface area contributed by atoms with E-state index < -0.39 is 5.95 Å². The molecule has 2 aromatic heterocycles. The molecule has 214 valence electrons. The number of nitrogens with one attached hydrogen (secondary N) is 2. The number of urea groups is 1. The molecule has 0 saturated carbocycles. The van der Waals surface area contributed by atoms with Crippen LogP contribution in [0.4, 0.5) is 14.9 Å². The normalized spacial score (nSPS) is 16.2. The van der Waals surface area contributed by atoms with Gasteiger partial charge >= 0.3 is 6.03 Å². The molecule has 0 aliphatic carbocycles. The van der Waals surface area contributed by atoms with Crippen LogP contribution >= 0.6 is 11.6 Å². The summed E-state index contributed by atoms with van der Waals surface area (Å²) in [6.45, 7) is 3.39. The Morgan fingerprint density at radius 3 is 2.60 bits per heavy atom.